The van der Waals surface area contributed by atoms with Crippen LogP contribution >= 0.6 is 23.1 Å². The van der Waals surface area contributed by atoms with Gasteiger partial charge in [-0.15, -0.1) is 11.3 Å². The minimum atomic E-state index is -0.437. The number of benzene rings is 2. The third-order valence-corrected chi connectivity index (χ3v) is 8.86. The molecule has 1 N–H and O–H groups in total. The maximum absolute atomic E-state index is 14.1. The van der Waals surface area contributed by atoms with Crippen LogP contribution in [0.25, 0.3) is 15.9 Å². The summed E-state index contributed by atoms with van der Waals surface area (Å²) in [4.78, 5) is 33.8. The molecule has 0 aliphatic carbocycles. The van der Waals surface area contributed by atoms with Crippen LogP contribution in [0.2, 0.25) is 0 Å². The summed E-state index contributed by atoms with van der Waals surface area (Å²) < 4.78 is 7.74. The van der Waals surface area contributed by atoms with Crippen molar-refractivity contribution in [2.75, 3.05) is 0 Å². The Morgan fingerprint density at radius 3 is 2.59 bits per heavy atom. The van der Waals surface area contributed by atoms with Gasteiger partial charge in [0.25, 0.3) is 5.56 Å². The van der Waals surface area contributed by atoms with Gasteiger partial charge >= 0.3 is 0 Å². The van der Waals surface area contributed by atoms with E-state index in [1.54, 1.807) is 4.57 Å². The molecule has 2 atom stereocenters. The fourth-order valence-electron chi connectivity index (χ4n) is 4.48. The number of ether oxygens (including phenoxy) is 1. The van der Waals surface area contributed by atoms with E-state index in [0.29, 0.717) is 40.9 Å². The van der Waals surface area contributed by atoms with E-state index in [9.17, 15) is 9.59 Å². The highest BCUT2D eigenvalue weighted by atomic mass is 32.2. The van der Waals surface area contributed by atoms with Crippen LogP contribution in [0.15, 0.2) is 64.5 Å². The first-order valence-corrected chi connectivity index (χ1v) is 14.3. The standard InChI is InChI=1S/C29H31N3O3S2/c1-17(2)23-14-22-24(16-35-23)37-27-25(22)28(34)32(21-12-10-18(3)11-13-21)29(31-27)36-19(4)26(33)30-15-20-8-6-5-7-9-20/h5-13,17,19,23H,14-16H2,1-4H3,(H,30,33)/t19-,23+/m0/s1. The van der Waals surface area contributed by atoms with Gasteiger partial charge in [0.15, 0.2) is 5.16 Å². The number of carbonyl (C=O) groups excluding carboxylic acids is 1. The largest absolute Gasteiger partial charge is 0.372 e. The van der Waals surface area contributed by atoms with E-state index in [1.165, 1.54) is 23.1 Å². The van der Waals surface area contributed by atoms with Gasteiger partial charge in [-0.2, -0.15) is 0 Å². The number of thioether (sulfide) groups is 1. The number of rotatable bonds is 7. The smallest absolute Gasteiger partial charge is 0.267 e. The van der Waals surface area contributed by atoms with Crippen molar-refractivity contribution < 1.29 is 9.53 Å². The molecule has 0 spiro atoms. The Morgan fingerprint density at radius 1 is 1.16 bits per heavy atom. The lowest BCUT2D eigenvalue weighted by atomic mass is 9.96. The number of aryl methyl sites for hydroxylation is 1. The summed E-state index contributed by atoms with van der Waals surface area (Å²) in [5.74, 6) is 0.262. The highest BCUT2D eigenvalue weighted by Crippen LogP contribution is 2.36. The van der Waals surface area contributed by atoms with E-state index in [2.05, 4.69) is 19.2 Å². The van der Waals surface area contributed by atoms with Gasteiger partial charge < -0.3 is 10.1 Å². The molecule has 0 fully saturated rings. The molecule has 8 heteroatoms. The van der Waals surface area contributed by atoms with Gasteiger partial charge in [0.2, 0.25) is 5.91 Å². The zero-order chi connectivity index (χ0) is 26.1. The Labute approximate surface area is 225 Å². The average molecular weight is 534 g/mol. The lowest BCUT2D eigenvalue weighted by molar-refractivity contribution is -0.120. The van der Waals surface area contributed by atoms with Crippen LogP contribution in [0.1, 0.15) is 42.3 Å². The molecule has 4 aromatic rings. The molecule has 3 heterocycles. The maximum atomic E-state index is 14.1. The zero-order valence-electron chi connectivity index (χ0n) is 21.5. The minimum absolute atomic E-state index is 0.0832. The summed E-state index contributed by atoms with van der Waals surface area (Å²) in [6.45, 7) is 9.12. The fourth-order valence-corrected chi connectivity index (χ4v) is 6.59. The van der Waals surface area contributed by atoms with Crippen LogP contribution in [-0.4, -0.2) is 26.8 Å². The van der Waals surface area contributed by atoms with Crippen LogP contribution in [0.3, 0.4) is 0 Å². The summed E-state index contributed by atoms with van der Waals surface area (Å²) in [5, 5.41) is 3.76. The number of aromatic nitrogens is 2. The lowest BCUT2D eigenvalue weighted by Gasteiger charge is -2.26. The van der Waals surface area contributed by atoms with Crippen LogP contribution in [0.5, 0.6) is 0 Å². The number of hydrogen-bond donors (Lipinski definition) is 1. The number of amides is 1. The maximum Gasteiger partial charge on any atom is 0.267 e. The number of nitrogens with zero attached hydrogens (tertiary/aromatic N) is 2. The second kappa shape index (κ2) is 10.8. The average Bonchev–Trinajstić information content (AvgIpc) is 3.26. The highest BCUT2D eigenvalue weighted by Gasteiger charge is 2.29. The molecule has 0 saturated heterocycles. The van der Waals surface area contributed by atoms with E-state index in [0.717, 1.165) is 27.3 Å². The predicted molar refractivity (Wildman–Crippen MR) is 151 cm³/mol. The molecule has 1 amide bonds. The van der Waals surface area contributed by atoms with Gasteiger partial charge in [0, 0.05) is 17.8 Å². The van der Waals surface area contributed by atoms with E-state index >= 15 is 0 Å². The number of fused-ring (bicyclic) bond motifs is 3. The van der Waals surface area contributed by atoms with Crippen molar-refractivity contribution in [2.45, 2.75) is 63.8 Å². The van der Waals surface area contributed by atoms with Crippen molar-refractivity contribution in [3.8, 4) is 5.69 Å². The van der Waals surface area contributed by atoms with Gasteiger partial charge in [-0.3, -0.25) is 14.2 Å². The SMILES string of the molecule is Cc1ccc(-n2c(S[C@@H](C)C(=O)NCc3ccccc3)nc3sc4c(c3c2=O)C[C@H](C(C)C)OC4)cc1. The van der Waals surface area contributed by atoms with Crippen LogP contribution in [0, 0.1) is 12.8 Å². The number of nitrogens with one attached hydrogen (secondary N) is 1. The van der Waals surface area contributed by atoms with Crippen molar-refractivity contribution in [1.82, 2.24) is 14.9 Å². The number of thiophene rings is 1. The van der Waals surface area contributed by atoms with E-state index < -0.39 is 5.25 Å². The quantitative estimate of drug-likeness (QED) is 0.246. The minimum Gasteiger partial charge on any atom is -0.372 e. The monoisotopic (exact) mass is 533 g/mol. The molecule has 6 nitrogen and oxygen atoms in total. The van der Waals surface area contributed by atoms with Gasteiger partial charge in [0.05, 0.1) is 29.0 Å². The number of carbonyl (C=O) groups is 1. The van der Waals surface area contributed by atoms with E-state index in [-0.39, 0.29) is 17.6 Å². The first-order chi connectivity index (χ1) is 17.8. The predicted octanol–water partition coefficient (Wildman–Crippen LogP) is 5.65. The van der Waals surface area contributed by atoms with Crippen molar-refractivity contribution in [3.05, 3.63) is 86.5 Å². The number of hydrogen-bond acceptors (Lipinski definition) is 6. The summed E-state index contributed by atoms with van der Waals surface area (Å²) in [6.07, 6.45) is 0.794. The Hall–Kier alpha value is -2.94. The van der Waals surface area contributed by atoms with Crippen molar-refractivity contribution in [3.63, 3.8) is 0 Å². The van der Waals surface area contributed by atoms with Crippen molar-refractivity contribution in [1.29, 1.82) is 0 Å². The molecule has 0 unspecified atom stereocenters. The molecule has 1 aliphatic rings. The Morgan fingerprint density at radius 2 is 1.89 bits per heavy atom. The van der Waals surface area contributed by atoms with Gasteiger partial charge in [-0.25, -0.2) is 4.98 Å². The molecular formula is C29H31N3O3S2. The Bertz CT molecular complexity index is 1480. The van der Waals surface area contributed by atoms with Crippen LogP contribution < -0.4 is 10.9 Å². The second-order valence-corrected chi connectivity index (χ2v) is 12.2. The third kappa shape index (κ3) is 5.37. The zero-order valence-corrected chi connectivity index (χ0v) is 23.1. The molecular weight excluding hydrogens is 502 g/mol. The molecule has 2 aromatic heterocycles. The topological polar surface area (TPSA) is 73.2 Å². The fraction of sp³-hybridized carbons (Fsp3) is 0.345. The van der Waals surface area contributed by atoms with Crippen LogP contribution in [0.4, 0.5) is 0 Å². The van der Waals surface area contributed by atoms with Gasteiger partial charge in [-0.1, -0.05) is 73.6 Å². The Kier molecular flexibility index (Phi) is 7.51. The first-order valence-electron chi connectivity index (χ1n) is 12.6. The summed E-state index contributed by atoms with van der Waals surface area (Å²) in [5.41, 5.74) is 3.87. The summed E-state index contributed by atoms with van der Waals surface area (Å²) in [6, 6.07) is 17.7. The van der Waals surface area contributed by atoms with Crippen LogP contribution in [-0.2, 0) is 29.1 Å². The van der Waals surface area contributed by atoms with Crippen molar-refractivity contribution >= 4 is 39.2 Å². The third-order valence-electron chi connectivity index (χ3n) is 6.71. The summed E-state index contributed by atoms with van der Waals surface area (Å²) in [7, 11) is 0. The van der Waals surface area contributed by atoms with Gasteiger partial charge in [-0.05, 0) is 43.0 Å². The van der Waals surface area contributed by atoms with E-state index in [4.69, 9.17) is 9.72 Å². The molecule has 1 aliphatic heterocycles. The summed E-state index contributed by atoms with van der Waals surface area (Å²) >= 11 is 2.84. The molecule has 0 radical (unpaired) electrons. The molecule has 0 bridgehead atoms. The second-order valence-electron chi connectivity index (χ2n) is 9.82. The van der Waals surface area contributed by atoms with E-state index in [1.807, 2.05) is 68.4 Å². The molecule has 37 heavy (non-hydrogen) atoms. The first kappa shape index (κ1) is 25.7. The molecule has 192 valence electrons. The highest BCUT2D eigenvalue weighted by molar-refractivity contribution is 8.00. The van der Waals surface area contributed by atoms with Crippen molar-refractivity contribution in [2.24, 2.45) is 5.92 Å². The lowest BCUT2D eigenvalue weighted by Crippen LogP contribution is -2.31. The normalized spacial score (nSPS) is 16.1. The Balaban J connectivity index is 1.52. The molecule has 0 saturated carbocycles. The van der Waals surface area contributed by atoms with Gasteiger partial charge in [0.1, 0.15) is 4.83 Å². The molecule has 5 rings (SSSR count). The molecule has 2 aromatic carbocycles.